The standard InChI is InChI=1S/C22H40O2/c1-3-5-6-7-8-9-10-11-12-13-14-15-16-17-20-22(24-20)18-21-19(4-2)23-21/h15-16,19-22H,3-14,17-18H2,1-2H3/b16-15-. The normalized spacial score (nSPS) is 28.6. The van der Waals surface area contributed by atoms with E-state index in [2.05, 4.69) is 26.0 Å². The molecule has 4 unspecified atom stereocenters. The molecule has 24 heavy (non-hydrogen) atoms. The molecule has 0 N–H and O–H groups in total. The molecule has 0 aromatic carbocycles. The van der Waals surface area contributed by atoms with Gasteiger partial charge in [-0.1, -0.05) is 83.8 Å². The molecule has 2 fully saturated rings. The first-order valence-electron chi connectivity index (χ1n) is 10.8. The summed E-state index contributed by atoms with van der Waals surface area (Å²) in [6, 6.07) is 0. The Morgan fingerprint density at radius 2 is 1.21 bits per heavy atom. The molecule has 2 rings (SSSR count). The van der Waals surface area contributed by atoms with Crippen LogP contribution in [0.5, 0.6) is 0 Å². The van der Waals surface area contributed by atoms with Gasteiger partial charge >= 0.3 is 0 Å². The maximum atomic E-state index is 5.74. The van der Waals surface area contributed by atoms with Crippen molar-refractivity contribution < 1.29 is 9.47 Å². The molecule has 0 aliphatic carbocycles. The first-order valence-corrected chi connectivity index (χ1v) is 10.8. The van der Waals surface area contributed by atoms with E-state index in [0.29, 0.717) is 24.4 Å². The van der Waals surface area contributed by atoms with Crippen molar-refractivity contribution in [2.75, 3.05) is 0 Å². The SMILES string of the molecule is CCCCCCCCCCCC/C=C\CC1OC1CC1OC1CC. The molecule has 2 aliphatic heterocycles. The van der Waals surface area contributed by atoms with E-state index < -0.39 is 0 Å². The molecule has 0 spiro atoms. The summed E-state index contributed by atoms with van der Waals surface area (Å²) in [7, 11) is 0. The molecule has 0 aromatic heterocycles. The third-order valence-corrected chi connectivity index (χ3v) is 5.50. The Bertz CT molecular complexity index is 339. The van der Waals surface area contributed by atoms with Gasteiger partial charge in [0.25, 0.3) is 0 Å². The molecular formula is C22H40O2. The molecule has 0 aromatic rings. The molecule has 4 atom stereocenters. The van der Waals surface area contributed by atoms with Gasteiger partial charge in [0.15, 0.2) is 0 Å². The van der Waals surface area contributed by atoms with E-state index in [0.717, 1.165) is 19.3 Å². The van der Waals surface area contributed by atoms with E-state index in [9.17, 15) is 0 Å². The van der Waals surface area contributed by atoms with E-state index in [1.807, 2.05) is 0 Å². The average molecular weight is 337 g/mol. The maximum Gasteiger partial charge on any atom is 0.0877 e. The largest absolute Gasteiger partial charge is 0.369 e. The lowest BCUT2D eigenvalue weighted by molar-refractivity contribution is 0.323. The summed E-state index contributed by atoms with van der Waals surface area (Å²) in [5.41, 5.74) is 0. The predicted molar refractivity (Wildman–Crippen MR) is 102 cm³/mol. The molecule has 140 valence electrons. The average Bonchev–Trinajstić information content (AvgIpc) is 3.50. The van der Waals surface area contributed by atoms with Crippen molar-refractivity contribution in [3.8, 4) is 0 Å². The molecule has 0 bridgehead atoms. The molecular weight excluding hydrogens is 296 g/mol. The summed E-state index contributed by atoms with van der Waals surface area (Å²) in [6.07, 6.45) is 25.5. The zero-order valence-electron chi connectivity index (χ0n) is 16.2. The Hall–Kier alpha value is -0.340. The molecule has 2 heteroatoms. The topological polar surface area (TPSA) is 25.1 Å². The van der Waals surface area contributed by atoms with E-state index in [1.54, 1.807) is 0 Å². The zero-order chi connectivity index (χ0) is 17.0. The van der Waals surface area contributed by atoms with Gasteiger partial charge in [0.05, 0.1) is 24.4 Å². The van der Waals surface area contributed by atoms with Crippen LogP contribution < -0.4 is 0 Å². The van der Waals surface area contributed by atoms with E-state index in [-0.39, 0.29) is 0 Å². The van der Waals surface area contributed by atoms with Crippen LogP contribution in [-0.2, 0) is 9.47 Å². The zero-order valence-corrected chi connectivity index (χ0v) is 16.2. The molecule has 0 amide bonds. The summed E-state index contributed by atoms with van der Waals surface area (Å²) in [5.74, 6) is 0. The van der Waals surface area contributed by atoms with Gasteiger partial charge in [0.2, 0.25) is 0 Å². The maximum absolute atomic E-state index is 5.74. The van der Waals surface area contributed by atoms with Crippen molar-refractivity contribution in [2.24, 2.45) is 0 Å². The van der Waals surface area contributed by atoms with Crippen LogP contribution in [0.2, 0.25) is 0 Å². The van der Waals surface area contributed by atoms with Gasteiger partial charge < -0.3 is 9.47 Å². The molecule has 2 nitrogen and oxygen atoms in total. The summed E-state index contributed by atoms with van der Waals surface area (Å²) >= 11 is 0. The Morgan fingerprint density at radius 3 is 1.83 bits per heavy atom. The fraction of sp³-hybridized carbons (Fsp3) is 0.909. The molecule has 2 aliphatic rings. The Labute approximate surface area is 150 Å². The van der Waals surface area contributed by atoms with Crippen LogP contribution >= 0.6 is 0 Å². The third-order valence-electron chi connectivity index (χ3n) is 5.50. The first kappa shape index (κ1) is 20.0. The van der Waals surface area contributed by atoms with Crippen molar-refractivity contribution >= 4 is 0 Å². The predicted octanol–water partition coefficient (Wildman–Crippen LogP) is 6.58. The second kappa shape index (κ2) is 12.1. The van der Waals surface area contributed by atoms with Crippen molar-refractivity contribution in [2.45, 2.75) is 128 Å². The van der Waals surface area contributed by atoms with Crippen molar-refractivity contribution in [1.29, 1.82) is 0 Å². The van der Waals surface area contributed by atoms with Crippen LogP contribution in [0, 0.1) is 0 Å². The lowest BCUT2D eigenvalue weighted by Gasteiger charge is -2.01. The van der Waals surface area contributed by atoms with Gasteiger partial charge in [-0.15, -0.1) is 0 Å². The van der Waals surface area contributed by atoms with Crippen molar-refractivity contribution in [3.05, 3.63) is 12.2 Å². The van der Waals surface area contributed by atoms with Crippen LogP contribution in [0.4, 0.5) is 0 Å². The van der Waals surface area contributed by atoms with Crippen molar-refractivity contribution in [3.63, 3.8) is 0 Å². The monoisotopic (exact) mass is 336 g/mol. The number of ether oxygens (including phenoxy) is 2. The number of hydrogen-bond donors (Lipinski definition) is 0. The highest BCUT2D eigenvalue weighted by atomic mass is 16.6. The van der Waals surface area contributed by atoms with Gasteiger partial charge in [-0.3, -0.25) is 0 Å². The van der Waals surface area contributed by atoms with Gasteiger partial charge in [-0.2, -0.15) is 0 Å². The second-order valence-electron chi connectivity index (χ2n) is 7.75. The number of rotatable bonds is 16. The number of unbranched alkanes of at least 4 members (excludes halogenated alkanes) is 10. The number of epoxide rings is 2. The smallest absolute Gasteiger partial charge is 0.0877 e. The Balaban J connectivity index is 1.29. The van der Waals surface area contributed by atoms with Crippen LogP contribution in [0.1, 0.15) is 104 Å². The van der Waals surface area contributed by atoms with E-state index >= 15 is 0 Å². The Morgan fingerprint density at radius 1 is 0.625 bits per heavy atom. The summed E-state index contributed by atoms with van der Waals surface area (Å²) < 4.78 is 11.3. The highest BCUT2D eigenvalue weighted by molar-refractivity contribution is 4.98. The summed E-state index contributed by atoms with van der Waals surface area (Å²) in [5, 5.41) is 0. The molecule has 0 radical (unpaired) electrons. The minimum Gasteiger partial charge on any atom is -0.369 e. The van der Waals surface area contributed by atoms with E-state index in [1.165, 1.54) is 70.6 Å². The van der Waals surface area contributed by atoms with Crippen LogP contribution in [0.25, 0.3) is 0 Å². The van der Waals surface area contributed by atoms with Crippen molar-refractivity contribution in [1.82, 2.24) is 0 Å². The fourth-order valence-corrected chi connectivity index (χ4v) is 3.67. The quantitative estimate of drug-likeness (QED) is 0.181. The third kappa shape index (κ3) is 8.67. The van der Waals surface area contributed by atoms with Crippen LogP contribution in [0.3, 0.4) is 0 Å². The van der Waals surface area contributed by atoms with Gasteiger partial charge in [-0.25, -0.2) is 0 Å². The number of hydrogen-bond acceptors (Lipinski definition) is 2. The highest BCUT2D eigenvalue weighted by Crippen LogP contribution is 2.37. The highest BCUT2D eigenvalue weighted by Gasteiger charge is 2.46. The van der Waals surface area contributed by atoms with Crippen LogP contribution in [-0.4, -0.2) is 24.4 Å². The van der Waals surface area contributed by atoms with Gasteiger partial charge in [0.1, 0.15) is 0 Å². The lowest BCUT2D eigenvalue weighted by Crippen LogP contribution is -2.00. The minimum atomic E-state index is 0.480. The van der Waals surface area contributed by atoms with Crippen LogP contribution in [0.15, 0.2) is 12.2 Å². The second-order valence-corrected chi connectivity index (χ2v) is 7.75. The number of allylic oxidation sites excluding steroid dienone is 1. The molecule has 0 saturated carbocycles. The summed E-state index contributed by atoms with van der Waals surface area (Å²) in [6.45, 7) is 4.49. The van der Waals surface area contributed by atoms with Gasteiger partial charge in [0, 0.05) is 6.42 Å². The lowest BCUT2D eigenvalue weighted by atomic mass is 10.1. The Kier molecular flexibility index (Phi) is 10.1. The van der Waals surface area contributed by atoms with E-state index in [4.69, 9.17) is 9.47 Å². The molecule has 2 saturated heterocycles. The minimum absolute atomic E-state index is 0.480. The van der Waals surface area contributed by atoms with Gasteiger partial charge in [-0.05, 0) is 25.7 Å². The first-order chi connectivity index (χ1) is 11.8. The fourth-order valence-electron chi connectivity index (χ4n) is 3.67. The molecule has 2 heterocycles. The summed E-state index contributed by atoms with van der Waals surface area (Å²) in [4.78, 5) is 0.